The van der Waals surface area contributed by atoms with E-state index in [1.54, 1.807) is 36.4 Å². The molecule has 0 aromatic heterocycles. The molecule has 1 N–H and O–H groups in total. The van der Waals surface area contributed by atoms with Crippen molar-refractivity contribution >= 4 is 33.2 Å². The summed E-state index contributed by atoms with van der Waals surface area (Å²) in [6, 6.07) is 10.1. The Balaban J connectivity index is 2.10. The van der Waals surface area contributed by atoms with Crippen molar-refractivity contribution in [3.8, 4) is 11.5 Å². The van der Waals surface area contributed by atoms with E-state index in [2.05, 4.69) is 4.72 Å². The van der Waals surface area contributed by atoms with Crippen molar-refractivity contribution in [3.63, 3.8) is 0 Å². The summed E-state index contributed by atoms with van der Waals surface area (Å²) in [4.78, 5) is 0. The van der Waals surface area contributed by atoms with E-state index in [4.69, 9.17) is 32.7 Å². The van der Waals surface area contributed by atoms with Crippen molar-refractivity contribution in [1.82, 2.24) is 4.72 Å². The molecule has 0 aliphatic carbocycles. The second-order valence-electron chi connectivity index (χ2n) is 4.97. The molecule has 0 saturated carbocycles. The van der Waals surface area contributed by atoms with E-state index in [-0.39, 0.29) is 12.3 Å². The molecule has 0 bridgehead atoms. The first kappa shape index (κ1) is 18.9. The molecule has 0 saturated heterocycles. The topological polar surface area (TPSA) is 64.6 Å². The van der Waals surface area contributed by atoms with Gasteiger partial charge in [-0.1, -0.05) is 35.3 Å². The van der Waals surface area contributed by atoms with Crippen molar-refractivity contribution in [2.45, 2.75) is 12.3 Å². The zero-order valence-electron chi connectivity index (χ0n) is 13.2. The molecule has 0 fully saturated rings. The number of hydrogen-bond acceptors (Lipinski definition) is 4. The van der Waals surface area contributed by atoms with Crippen LogP contribution in [0.2, 0.25) is 10.0 Å². The van der Waals surface area contributed by atoms with Crippen molar-refractivity contribution in [2.75, 3.05) is 14.2 Å². The van der Waals surface area contributed by atoms with E-state index in [0.717, 1.165) is 5.56 Å². The van der Waals surface area contributed by atoms with Crippen molar-refractivity contribution in [1.29, 1.82) is 0 Å². The van der Waals surface area contributed by atoms with Crippen LogP contribution < -0.4 is 14.2 Å². The first-order chi connectivity index (χ1) is 11.4. The maximum atomic E-state index is 12.3. The first-order valence-corrected chi connectivity index (χ1v) is 9.38. The standard InChI is InChI=1S/C16H17Cl2NO4S/c1-22-15-7-6-11(8-16(15)23-2)9-19-24(20,21)10-12-13(17)4-3-5-14(12)18/h3-8,19H,9-10H2,1-2H3. The van der Waals surface area contributed by atoms with Gasteiger partial charge in [-0.15, -0.1) is 0 Å². The lowest BCUT2D eigenvalue weighted by Gasteiger charge is -2.12. The molecule has 0 radical (unpaired) electrons. The Hall–Kier alpha value is -1.47. The van der Waals surface area contributed by atoms with Crippen LogP contribution in [0.15, 0.2) is 36.4 Å². The molecule has 2 rings (SSSR count). The molecule has 5 nitrogen and oxygen atoms in total. The summed E-state index contributed by atoms with van der Waals surface area (Å²) in [5.74, 6) is 0.814. The number of nitrogens with one attached hydrogen (secondary N) is 1. The highest BCUT2D eigenvalue weighted by atomic mass is 35.5. The molecule has 0 atom stereocenters. The average molecular weight is 390 g/mol. The number of benzene rings is 2. The van der Waals surface area contributed by atoms with Gasteiger partial charge in [-0.05, 0) is 29.8 Å². The number of hydrogen-bond donors (Lipinski definition) is 1. The Morgan fingerprint density at radius 2 is 1.62 bits per heavy atom. The largest absolute Gasteiger partial charge is 0.493 e. The summed E-state index contributed by atoms with van der Waals surface area (Å²) < 4.78 is 37.4. The van der Waals surface area contributed by atoms with Gasteiger partial charge in [0, 0.05) is 22.2 Å². The van der Waals surface area contributed by atoms with E-state index in [0.29, 0.717) is 27.1 Å². The van der Waals surface area contributed by atoms with Crippen LogP contribution in [0.3, 0.4) is 0 Å². The van der Waals surface area contributed by atoms with Crippen molar-refractivity contribution in [2.24, 2.45) is 0 Å². The van der Waals surface area contributed by atoms with Gasteiger partial charge >= 0.3 is 0 Å². The Labute approximate surface area is 151 Å². The van der Waals surface area contributed by atoms with E-state index in [1.807, 2.05) is 0 Å². The maximum absolute atomic E-state index is 12.3. The van der Waals surface area contributed by atoms with Crippen LogP contribution in [0.4, 0.5) is 0 Å². The van der Waals surface area contributed by atoms with Gasteiger partial charge in [0.1, 0.15) is 0 Å². The normalized spacial score (nSPS) is 11.3. The number of methoxy groups -OCH3 is 2. The van der Waals surface area contributed by atoms with Gasteiger partial charge in [0.15, 0.2) is 11.5 Å². The highest BCUT2D eigenvalue weighted by Gasteiger charge is 2.16. The molecule has 0 heterocycles. The van der Waals surface area contributed by atoms with Crippen LogP contribution in [0, 0.1) is 0 Å². The Morgan fingerprint density at radius 3 is 2.21 bits per heavy atom. The SMILES string of the molecule is COc1ccc(CNS(=O)(=O)Cc2c(Cl)cccc2Cl)cc1OC. The second-order valence-corrected chi connectivity index (χ2v) is 7.59. The van der Waals surface area contributed by atoms with Gasteiger partial charge in [0.25, 0.3) is 0 Å². The molecule has 0 unspecified atom stereocenters. The number of ether oxygens (including phenoxy) is 2. The molecule has 130 valence electrons. The summed E-state index contributed by atoms with van der Waals surface area (Å²) in [6.45, 7) is 0.116. The third kappa shape index (κ3) is 4.77. The molecule has 24 heavy (non-hydrogen) atoms. The summed E-state index contributed by atoms with van der Waals surface area (Å²) >= 11 is 12.0. The smallest absolute Gasteiger partial charge is 0.216 e. The van der Waals surface area contributed by atoms with E-state index in [1.165, 1.54) is 14.2 Å². The molecule has 2 aromatic carbocycles. The maximum Gasteiger partial charge on any atom is 0.216 e. The number of sulfonamides is 1. The van der Waals surface area contributed by atoms with Gasteiger partial charge in [0.2, 0.25) is 10.0 Å². The molecule has 0 aliphatic heterocycles. The highest BCUT2D eigenvalue weighted by Crippen LogP contribution is 2.28. The number of halogens is 2. The van der Waals surface area contributed by atoms with Crippen molar-refractivity contribution in [3.05, 3.63) is 57.6 Å². The average Bonchev–Trinajstić information content (AvgIpc) is 2.56. The summed E-state index contributed by atoms with van der Waals surface area (Å²) in [7, 11) is -0.550. The van der Waals surface area contributed by atoms with Crippen LogP contribution in [-0.4, -0.2) is 22.6 Å². The first-order valence-electron chi connectivity index (χ1n) is 6.97. The Kier molecular flexibility index (Phi) is 6.34. The predicted molar refractivity (Wildman–Crippen MR) is 95.5 cm³/mol. The van der Waals surface area contributed by atoms with Gasteiger partial charge in [0.05, 0.1) is 20.0 Å². The van der Waals surface area contributed by atoms with Crippen molar-refractivity contribution < 1.29 is 17.9 Å². The molecule has 0 spiro atoms. The lowest BCUT2D eigenvalue weighted by atomic mass is 10.2. The minimum atomic E-state index is -3.60. The minimum absolute atomic E-state index is 0.116. The number of rotatable bonds is 7. The molecular formula is C16H17Cl2NO4S. The third-order valence-electron chi connectivity index (χ3n) is 3.34. The molecule has 0 amide bonds. The molecule has 8 heteroatoms. The monoisotopic (exact) mass is 389 g/mol. The van der Waals surface area contributed by atoms with Gasteiger partial charge in [-0.25, -0.2) is 13.1 Å². The van der Waals surface area contributed by atoms with Crippen LogP contribution in [-0.2, 0) is 22.3 Å². The van der Waals surface area contributed by atoms with Gasteiger partial charge < -0.3 is 9.47 Å². The lowest BCUT2D eigenvalue weighted by molar-refractivity contribution is 0.354. The quantitative estimate of drug-likeness (QED) is 0.784. The molecule has 2 aromatic rings. The van der Waals surface area contributed by atoms with E-state index >= 15 is 0 Å². The summed E-state index contributed by atoms with van der Waals surface area (Å²) in [5.41, 5.74) is 1.11. The fourth-order valence-corrected chi connectivity index (χ4v) is 3.96. The Morgan fingerprint density at radius 1 is 1.00 bits per heavy atom. The van der Waals surface area contributed by atoms with E-state index in [9.17, 15) is 8.42 Å². The zero-order chi connectivity index (χ0) is 17.7. The molecular weight excluding hydrogens is 373 g/mol. The molecule has 0 aliphatic rings. The fraction of sp³-hybridized carbons (Fsp3) is 0.250. The lowest BCUT2D eigenvalue weighted by Crippen LogP contribution is -2.25. The van der Waals surface area contributed by atoms with Crippen LogP contribution in [0.1, 0.15) is 11.1 Å². The Bertz CT molecular complexity index is 805. The highest BCUT2D eigenvalue weighted by molar-refractivity contribution is 7.88. The minimum Gasteiger partial charge on any atom is -0.493 e. The van der Waals surface area contributed by atoms with Gasteiger partial charge in [-0.2, -0.15) is 0 Å². The fourth-order valence-electron chi connectivity index (χ4n) is 2.10. The summed E-state index contributed by atoms with van der Waals surface area (Å²) in [6.07, 6.45) is 0. The third-order valence-corrected chi connectivity index (χ3v) is 5.30. The van der Waals surface area contributed by atoms with E-state index < -0.39 is 10.0 Å². The van der Waals surface area contributed by atoms with Crippen LogP contribution >= 0.6 is 23.2 Å². The van der Waals surface area contributed by atoms with Crippen LogP contribution in [0.25, 0.3) is 0 Å². The second kappa shape index (κ2) is 8.07. The van der Waals surface area contributed by atoms with Gasteiger partial charge in [-0.3, -0.25) is 0 Å². The summed E-state index contributed by atoms with van der Waals surface area (Å²) in [5, 5.41) is 0.637. The van der Waals surface area contributed by atoms with Crippen LogP contribution in [0.5, 0.6) is 11.5 Å². The zero-order valence-corrected chi connectivity index (χ0v) is 15.5. The predicted octanol–water partition coefficient (Wildman–Crippen LogP) is 3.63.